The normalized spacial score (nSPS) is 12.2. The summed E-state index contributed by atoms with van der Waals surface area (Å²) in [6, 6.07) is 16.5. The molecule has 3 aromatic rings. The van der Waals surface area contributed by atoms with Crippen molar-refractivity contribution < 1.29 is 14.4 Å². The maximum Gasteiger partial charge on any atom is 0.340 e. The highest BCUT2D eigenvalue weighted by molar-refractivity contribution is 5.98. The van der Waals surface area contributed by atoms with Crippen LogP contribution in [-0.4, -0.2) is 25.1 Å². The molecule has 1 unspecified atom stereocenters. The third kappa shape index (κ3) is 3.75. The van der Waals surface area contributed by atoms with Gasteiger partial charge >= 0.3 is 5.97 Å². The van der Waals surface area contributed by atoms with Gasteiger partial charge in [-0.05, 0) is 25.5 Å². The van der Waals surface area contributed by atoms with Gasteiger partial charge in [0, 0.05) is 10.9 Å². The number of aromatic nitrogens is 1. The summed E-state index contributed by atoms with van der Waals surface area (Å²) in [6.45, 7) is 5.58. The van der Waals surface area contributed by atoms with E-state index in [0.29, 0.717) is 12.1 Å². The largest absolute Gasteiger partial charge is 0.465 e. The summed E-state index contributed by atoms with van der Waals surface area (Å²) >= 11 is 0. The minimum absolute atomic E-state index is 0.320. The van der Waals surface area contributed by atoms with E-state index in [9.17, 15) is 4.79 Å². The molecule has 0 fully saturated rings. The van der Waals surface area contributed by atoms with Crippen LogP contribution in [0.1, 0.15) is 32.7 Å². The van der Waals surface area contributed by atoms with Crippen LogP contribution in [0.2, 0.25) is 0 Å². The van der Waals surface area contributed by atoms with E-state index in [-0.39, 0.29) is 5.97 Å². The topological polar surface area (TPSA) is 43.6 Å². The molecule has 0 spiro atoms. The number of ether oxygens (including phenoxy) is 1. The van der Waals surface area contributed by atoms with Gasteiger partial charge < -0.3 is 9.64 Å². The second-order valence-corrected chi connectivity index (χ2v) is 6.86. The van der Waals surface area contributed by atoms with Crippen LogP contribution in [0.15, 0.2) is 48.5 Å². The van der Waals surface area contributed by atoms with Crippen LogP contribution < -0.4 is 4.90 Å². The number of methoxy groups -OCH3 is 1. The fourth-order valence-electron chi connectivity index (χ4n) is 3.34. The summed E-state index contributed by atoms with van der Waals surface area (Å²) < 4.78 is 5.03. The van der Waals surface area contributed by atoms with E-state index in [0.717, 1.165) is 28.7 Å². The summed E-state index contributed by atoms with van der Waals surface area (Å²) in [6.07, 6.45) is 0. The van der Waals surface area contributed by atoms with E-state index >= 15 is 0 Å². The lowest BCUT2D eigenvalue weighted by Crippen LogP contribution is -3.06. The molecule has 0 amide bonds. The molecule has 1 N–H and O–H groups in total. The van der Waals surface area contributed by atoms with Crippen LogP contribution in [0.25, 0.3) is 10.9 Å². The number of rotatable bonds is 5. The van der Waals surface area contributed by atoms with E-state index in [1.807, 2.05) is 31.2 Å². The predicted molar refractivity (Wildman–Crippen MR) is 103 cm³/mol. The van der Waals surface area contributed by atoms with E-state index in [2.05, 4.69) is 38.2 Å². The Hall–Kier alpha value is -2.72. The zero-order chi connectivity index (χ0) is 18.7. The fraction of sp³-hybridized carbons (Fsp3) is 0.273. The van der Waals surface area contributed by atoms with Crippen molar-refractivity contribution in [2.75, 3.05) is 14.2 Å². The van der Waals surface area contributed by atoms with Gasteiger partial charge in [-0.3, -0.25) is 0 Å². The Kier molecular flexibility index (Phi) is 5.33. The molecule has 2 aromatic carbocycles. The van der Waals surface area contributed by atoms with E-state index < -0.39 is 0 Å². The molecule has 0 radical (unpaired) electrons. The van der Waals surface area contributed by atoms with Crippen LogP contribution in [0.3, 0.4) is 0 Å². The summed E-state index contributed by atoms with van der Waals surface area (Å²) in [5.74, 6) is -0.320. The van der Waals surface area contributed by atoms with Gasteiger partial charge in [-0.15, -0.1) is 0 Å². The number of esters is 1. The number of hydrogen-bond donors (Lipinski definition) is 1. The predicted octanol–water partition coefficient (Wildman–Crippen LogP) is 2.85. The number of benzene rings is 2. The van der Waals surface area contributed by atoms with Crippen molar-refractivity contribution in [3.05, 3.63) is 76.5 Å². The van der Waals surface area contributed by atoms with Crippen molar-refractivity contribution in [2.45, 2.75) is 26.9 Å². The smallest absolute Gasteiger partial charge is 0.340 e. The average molecular weight is 349 g/mol. The molecular formula is C22H25N2O2+. The molecule has 0 saturated heterocycles. The summed E-state index contributed by atoms with van der Waals surface area (Å²) in [4.78, 5) is 18.4. The van der Waals surface area contributed by atoms with E-state index in [1.165, 1.54) is 23.1 Å². The van der Waals surface area contributed by atoms with E-state index in [1.54, 1.807) is 0 Å². The molecule has 1 atom stereocenters. The average Bonchev–Trinajstić information content (AvgIpc) is 2.63. The highest BCUT2D eigenvalue weighted by atomic mass is 16.5. The van der Waals surface area contributed by atoms with Crippen LogP contribution in [0, 0.1) is 13.8 Å². The van der Waals surface area contributed by atoms with Gasteiger partial charge in [0.05, 0.1) is 25.2 Å². The third-order valence-corrected chi connectivity index (χ3v) is 4.71. The molecule has 26 heavy (non-hydrogen) atoms. The van der Waals surface area contributed by atoms with Crippen molar-refractivity contribution in [3.8, 4) is 0 Å². The number of nitrogens with zero attached hydrogens (tertiary/aromatic N) is 1. The molecule has 4 nitrogen and oxygen atoms in total. The first kappa shape index (κ1) is 18.1. The van der Waals surface area contributed by atoms with Crippen molar-refractivity contribution in [2.24, 2.45) is 0 Å². The van der Waals surface area contributed by atoms with Crippen LogP contribution in [0.5, 0.6) is 0 Å². The molecule has 0 bridgehead atoms. The van der Waals surface area contributed by atoms with Crippen molar-refractivity contribution in [1.82, 2.24) is 4.98 Å². The number of hydrogen-bond acceptors (Lipinski definition) is 3. The van der Waals surface area contributed by atoms with Crippen molar-refractivity contribution >= 4 is 16.9 Å². The lowest BCUT2D eigenvalue weighted by Gasteiger charge is -2.17. The summed E-state index contributed by atoms with van der Waals surface area (Å²) in [5.41, 5.74) is 5.75. The summed E-state index contributed by atoms with van der Waals surface area (Å²) in [5, 5.41) is 0.993. The number of quaternary nitrogens is 1. The van der Waals surface area contributed by atoms with Gasteiger partial charge in [0.1, 0.15) is 18.8 Å². The number of nitrogens with one attached hydrogen (secondary N) is 1. The number of carbonyl (C=O) groups excluding carboxylic acids is 1. The molecule has 4 heteroatoms. The first-order valence-corrected chi connectivity index (χ1v) is 8.83. The van der Waals surface area contributed by atoms with Gasteiger partial charge in [0.25, 0.3) is 0 Å². The number of pyridine rings is 1. The van der Waals surface area contributed by atoms with Gasteiger partial charge in [0.2, 0.25) is 0 Å². The molecule has 134 valence electrons. The van der Waals surface area contributed by atoms with Gasteiger partial charge in [-0.2, -0.15) is 0 Å². The van der Waals surface area contributed by atoms with E-state index in [4.69, 9.17) is 9.72 Å². The lowest BCUT2D eigenvalue weighted by molar-refractivity contribution is -0.908. The molecule has 0 aliphatic carbocycles. The highest BCUT2D eigenvalue weighted by Gasteiger charge is 2.21. The molecule has 3 rings (SSSR count). The minimum Gasteiger partial charge on any atom is -0.465 e. The molecule has 0 aliphatic heterocycles. The lowest BCUT2D eigenvalue weighted by atomic mass is 10.0. The Bertz CT molecular complexity index is 933. The molecule has 0 saturated carbocycles. The highest BCUT2D eigenvalue weighted by Crippen LogP contribution is 2.23. The second kappa shape index (κ2) is 7.67. The second-order valence-electron chi connectivity index (χ2n) is 6.86. The van der Waals surface area contributed by atoms with Gasteiger partial charge in [-0.25, -0.2) is 9.78 Å². The van der Waals surface area contributed by atoms with Crippen LogP contribution in [-0.2, 0) is 17.8 Å². The summed E-state index contributed by atoms with van der Waals surface area (Å²) in [7, 11) is 3.54. The Morgan fingerprint density at radius 3 is 2.42 bits per heavy atom. The maximum atomic E-state index is 12.4. The van der Waals surface area contributed by atoms with Crippen molar-refractivity contribution in [1.29, 1.82) is 0 Å². The van der Waals surface area contributed by atoms with Crippen LogP contribution >= 0.6 is 0 Å². The number of para-hydroxylation sites is 1. The molecule has 1 aromatic heterocycles. The standard InChI is InChI=1S/C22H24N2O2/c1-15-9-11-17(12-10-15)13-24(3)14-20-21(22(25)26-4)16(2)18-7-5-6-8-19(18)23-20/h5-12H,13-14H2,1-4H3/p+1. The number of carbonyl (C=O) groups is 1. The monoisotopic (exact) mass is 349 g/mol. The molecule has 0 aliphatic rings. The number of fused-ring (bicyclic) bond motifs is 1. The third-order valence-electron chi connectivity index (χ3n) is 4.71. The minimum atomic E-state index is -0.320. The molecular weight excluding hydrogens is 324 g/mol. The Morgan fingerprint density at radius 1 is 1.04 bits per heavy atom. The van der Waals surface area contributed by atoms with Gasteiger partial charge in [-0.1, -0.05) is 48.0 Å². The Labute approximate surface area is 154 Å². The zero-order valence-electron chi connectivity index (χ0n) is 15.8. The zero-order valence-corrected chi connectivity index (χ0v) is 15.8. The first-order valence-electron chi connectivity index (χ1n) is 8.83. The van der Waals surface area contributed by atoms with Gasteiger partial charge in [0.15, 0.2) is 0 Å². The van der Waals surface area contributed by atoms with Crippen molar-refractivity contribution in [3.63, 3.8) is 0 Å². The fourth-order valence-corrected chi connectivity index (χ4v) is 3.34. The quantitative estimate of drug-likeness (QED) is 0.721. The first-order chi connectivity index (χ1) is 12.5. The molecule has 1 heterocycles. The number of aryl methyl sites for hydroxylation is 2. The van der Waals surface area contributed by atoms with Crippen LogP contribution in [0.4, 0.5) is 0 Å². The Morgan fingerprint density at radius 2 is 1.73 bits per heavy atom. The Balaban J connectivity index is 1.94. The SMILES string of the molecule is COC(=O)c1c(C[NH+](C)Cc2ccc(C)cc2)nc2ccccc2c1C. The maximum absolute atomic E-state index is 12.4.